The van der Waals surface area contributed by atoms with Gasteiger partial charge in [0.05, 0.1) is 17.4 Å². The van der Waals surface area contributed by atoms with Crippen molar-refractivity contribution in [3.8, 4) is 0 Å². The van der Waals surface area contributed by atoms with Gasteiger partial charge in [-0.2, -0.15) is 4.72 Å². The second kappa shape index (κ2) is 10.7. The summed E-state index contributed by atoms with van der Waals surface area (Å²) in [6.07, 6.45) is 1.10. The predicted octanol–water partition coefficient (Wildman–Crippen LogP) is 2.52. The minimum atomic E-state index is -4.05. The number of carbonyl (C=O) groups excluding carboxylic acids is 2. The standard InChI is InChI=1S/C23H27FN2O5S/c1-2-31-23(28)18-12-14-26(15-13-18)22(27)21(16-17-6-4-3-5-7-17)25-32(29,30)20-10-8-19(24)9-11-20/h3-11,18,21,25H,2,12-16H2,1H3/t21-/m1/s1. The Kier molecular flexibility index (Phi) is 7.98. The van der Waals surface area contributed by atoms with Gasteiger partial charge in [-0.05, 0) is 56.0 Å². The smallest absolute Gasteiger partial charge is 0.309 e. The van der Waals surface area contributed by atoms with E-state index in [1.807, 2.05) is 30.3 Å². The van der Waals surface area contributed by atoms with Crippen LogP contribution in [0.4, 0.5) is 4.39 Å². The number of hydrogen-bond donors (Lipinski definition) is 1. The highest BCUT2D eigenvalue weighted by atomic mass is 32.2. The Morgan fingerprint density at radius 2 is 1.72 bits per heavy atom. The highest BCUT2D eigenvalue weighted by molar-refractivity contribution is 7.89. The molecule has 172 valence electrons. The zero-order chi connectivity index (χ0) is 23.1. The molecular weight excluding hydrogens is 435 g/mol. The number of piperidine rings is 1. The third-order valence-electron chi connectivity index (χ3n) is 5.43. The number of hydrogen-bond acceptors (Lipinski definition) is 5. The Labute approximate surface area is 187 Å². The molecule has 0 spiro atoms. The Bertz CT molecular complexity index is 1020. The molecule has 1 fully saturated rings. The summed E-state index contributed by atoms with van der Waals surface area (Å²) in [5, 5.41) is 0. The molecule has 0 aliphatic carbocycles. The van der Waals surface area contributed by atoms with E-state index in [0.29, 0.717) is 32.5 Å². The number of esters is 1. The SMILES string of the molecule is CCOC(=O)C1CCN(C(=O)[C@@H](Cc2ccccc2)NS(=O)(=O)c2ccc(F)cc2)CC1. The second-order valence-corrected chi connectivity index (χ2v) is 9.38. The fourth-order valence-corrected chi connectivity index (χ4v) is 4.90. The maximum atomic E-state index is 13.3. The maximum Gasteiger partial charge on any atom is 0.309 e. The van der Waals surface area contributed by atoms with Crippen molar-refractivity contribution >= 4 is 21.9 Å². The summed E-state index contributed by atoms with van der Waals surface area (Å²) < 4.78 is 46.5. The highest BCUT2D eigenvalue weighted by Crippen LogP contribution is 2.21. The number of nitrogens with one attached hydrogen (secondary N) is 1. The minimum absolute atomic E-state index is 0.120. The molecule has 0 radical (unpaired) electrons. The van der Waals surface area contributed by atoms with Crippen molar-refractivity contribution in [2.24, 2.45) is 5.92 Å². The lowest BCUT2D eigenvalue weighted by Gasteiger charge is -2.33. The van der Waals surface area contributed by atoms with Crippen LogP contribution >= 0.6 is 0 Å². The predicted molar refractivity (Wildman–Crippen MR) is 117 cm³/mol. The number of amides is 1. The molecule has 7 nitrogen and oxygen atoms in total. The van der Waals surface area contributed by atoms with Crippen LogP contribution in [0.2, 0.25) is 0 Å². The molecule has 0 bridgehead atoms. The fraction of sp³-hybridized carbons (Fsp3) is 0.391. The zero-order valence-electron chi connectivity index (χ0n) is 17.9. The normalized spacial score (nSPS) is 15.9. The number of nitrogens with zero attached hydrogens (tertiary/aromatic N) is 1. The van der Waals surface area contributed by atoms with Crippen LogP contribution < -0.4 is 4.72 Å². The Balaban J connectivity index is 1.76. The van der Waals surface area contributed by atoms with Gasteiger partial charge in [0.1, 0.15) is 11.9 Å². The Morgan fingerprint density at radius 3 is 2.31 bits per heavy atom. The van der Waals surface area contributed by atoms with Gasteiger partial charge in [-0.15, -0.1) is 0 Å². The van der Waals surface area contributed by atoms with Crippen LogP contribution in [0.25, 0.3) is 0 Å². The first kappa shape index (κ1) is 23.9. The molecule has 9 heteroatoms. The van der Waals surface area contributed by atoms with E-state index < -0.39 is 21.9 Å². The van der Waals surface area contributed by atoms with Gasteiger partial charge < -0.3 is 9.64 Å². The van der Waals surface area contributed by atoms with Crippen molar-refractivity contribution < 1.29 is 27.1 Å². The number of carbonyl (C=O) groups is 2. The summed E-state index contributed by atoms with van der Waals surface area (Å²) in [4.78, 5) is 26.7. The molecular formula is C23H27FN2O5S. The summed E-state index contributed by atoms with van der Waals surface area (Å²) in [5.41, 5.74) is 0.800. The quantitative estimate of drug-likeness (QED) is 0.609. The summed E-state index contributed by atoms with van der Waals surface area (Å²) in [5.74, 6) is -1.44. The van der Waals surface area contributed by atoms with Crippen molar-refractivity contribution in [2.45, 2.75) is 37.1 Å². The lowest BCUT2D eigenvalue weighted by atomic mass is 9.96. The first-order valence-electron chi connectivity index (χ1n) is 10.6. The first-order chi connectivity index (χ1) is 15.3. The summed E-state index contributed by atoms with van der Waals surface area (Å²) in [6.45, 7) is 2.73. The molecule has 3 rings (SSSR count). The van der Waals surface area contributed by atoms with Crippen molar-refractivity contribution in [1.29, 1.82) is 0 Å². The minimum Gasteiger partial charge on any atom is -0.466 e. The molecule has 0 unspecified atom stereocenters. The third-order valence-corrected chi connectivity index (χ3v) is 6.92. The van der Waals surface area contributed by atoms with E-state index in [1.54, 1.807) is 11.8 Å². The lowest BCUT2D eigenvalue weighted by molar-refractivity contribution is -0.151. The molecule has 2 aromatic carbocycles. The summed E-state index contributed by atoms with van der Waals surface area (Å²) in [6, 6.07) is 12.5. The van der Waals surface area contributed by atoms with Crippen LogP contribution in [0.15, 0.2) is 59.5 Å². The van der Waals surface area contributed by atoms with E-state index in [4.69, 9.17) is 4.74 Å². The van der Waals surface area contributed by atoms with E-state index in [0.717, 1.165) is 29.8 Å². The third kappa shape index (κ3) is 6.14. The summed E-state index contributed by atoms with van der Waals surface area (Å²) in [7, 11) is -4.05. The first-order valence-corrected chi connectivity index (χ1v) is 12.1. The van der Waals surface area contributed by atoms with Gasteiger partial charge in [0.2, 0.25) is 15.9 Å². The van der Waals surface area contributed by atoms with Crippen LogP contribution in [0, 0.1) is 11.7 Å². The highest BCUT2D eigenvalue weighted by Gasteiger charge is 2.33. The van der Waals surface area contributed by atoms with Gasteiger partial charge in [-0.1, -0.05) is 30.3 Å². The van der Waals surface area contributed by atoms with Gasteiger partial charge in [-0.3, -0.25) is 9.59 Å². The molecule has 1 aliphatic heterocycles. The average Bonchev–Trinajstić information content (AvgIpc) is 2.79. The van der Waals surface area contributed by atoms with Crippen LogP contribution in [0.3, 0.4) is 0 Å². The fourth-order valence-electron chi connectivity index (χ4n) is 3.71. The zero-order valence-corrected chi connectivity index (χ0v) is 18.7. The molecule has 2 aromatic rings. The molecule has 1 heterocycles. The molecule has 0 aromatic heterocycles. The van der Waals surface area contributed by atoms with Gasteiger partial charge in [-0.25, -0.2) is 12.8 Å². The Morgan fingerprint density at radius 1 is 1.09 bits per heavy atom. The van der Waals surface area contributed by atoms with Gasteiger partial charge >= 0.3 is 5.97 Å². The topological polar surface area (TPSA) is 92.8 Å². The van der Waals surface area contributed by atoms with Gasteiger partial charge in [0.25, 0.3) is 0 Å². The van der Waals surface area contributed by atoms with Crippen molar-refractivity contribution in [1.82, 2.24) is 9.62 Å². The monoisotopic (exact) mass is 462 g/mol. The largest absolute Gasteiger partial charge is 0.466 e. The van der Waals surface area contributed by atoms with E-state index in [2.05, 4.69) is 4.72 Å². The number of ether oxygens (including phenoxy) is 1. The molecule has 32 heavy (non-hydrogen) atoms. The summed E-state index contributed by atoms with van der Waals surface area (Å²) >= 11 is 0. The maximum absolute atomic E-state index is 13.3. The van der Waals surface area contributed by atoms with E-state index >= 15 is 0 Å². The van der Waals surface area contributed by atoms with Crippen LogP contribution in [-0.2, 0) is 30.8 Å². The number of rotatable bonds is 8. The van der Waals surface area contributed by atoms with E-state index in [-0.39, 0.29) is 29.1 Å². The van der Waals surface area contributed by atoms with Crippen molar-refractivity contribution in [3.05, 3.63) is 66.0 Å². The molecule has 1 amide bonds. The van der Waals surface area contributed by atoms with Crippen molar-refractivity contribution in [3.63, 3.8) is 0 Å². The lowest BCUT2D eigenvalue weighted by Crippen LogP contribution is -2.52. The van der Waals surface area contributed by atoms with E-state index in [9.17, 15) is 22.4 Å². The van der Waals surface area contributed by atoms with Crippen LogP contribution in [0.5, 0.6) is 0 Å². The van der Waals surface area contributed by atoms with E-state index in [1.165, 1.54) is 0 Å². The van der Waals surface area contributed by atoms with Crippen LogP contribution in [-0.4, -0.2) is 50.9 Å². The molecule has 1 saturated heterocycles. The molecule has 1 aliphatic rings. The van der Waals surface area contributed by atoms with Gasteiger partial charge in [0.15, 0.2) is 0 Å². The number of halogens is 1. The number of sulfonamides is 1. The average molecular weight is 463 g/mol. The molecule has 0 saturated carbocycles. The Hall–Kier alpha value is -2.78. The second-order valence-electron chi connectivity index (χ2n) is 7.67. The molecule has 1 atom stereocenters. The van der Waals surface area contributed by atoms with Crippen molar-refractivity contribution in [2.75, 3.05) is 19.7 Å². The number of likely N-dealkylation sites (tertiary alicyclic amines) is 1. The van der Waals surface area contributed by atoms with Gasteiger partial charge in [0, 0.05) is 13.1 Å². The van der Waals surface area contributed by atoms with Crippen LogP contribution in [0.1, 0.15) is 25.3 Å². The number of benzene rings is 2. The molecule has 1 N–H and O–H groups in total.